The van der Waals surface area contributed by atoms with Crippen molar-refractivity contribution in [3.63, 3.8) is 0 Å². The molecule has 3 rings (SSSR count). The Hall–Kier alpha value is -3.36. The molecule has 0 spiro atoms. The summed E-state index contributed by atoms with van der Waals surface area (Å²) in [4.78, 5) is 28.7. The second kappa shape index (κ2) is 13.8. The normalized spacial score (nSPS) is 12.8. The first kappa shape index (κ1) is 31.2. The minimum absolute atomic E-state index is 0.0431. The highest BCUT2D eigenvalue weighted by atomic mass is 35.5. The van der Waals surface area contributed by atoms with E-state index in [0.717, 1.165) is 21.9 Å². The van der Waals surface area contributed by atoms with E-state index >= 15 is 0 Å². The van der Waals surface area contributed by atoms with Gasteiger partial charge >= 0.3 is 0 Å². The summed E-state index contributed by atoms with van der Waals surface area (Å²) >= 11 is 6.43. The van der Waals surface area contributed by atoms with Gasteiger partial charge in [0.15, 0.2) is 0 Å². The van der Waals surface area contributed by atoms with Gasteiger partial charge in [0.1, 0.15) is 12.6 Å². The number of benzene rings is 3. The molecule has 0 heterocycles. The molecule has 3 aromatic carbocycles. The molecule has 0 fully saturated rings. The van der Waals surface area contributed by atoms with E-state index in [9.17, 15) is 18.0 Å². The summed E-state index contributed by atoms with van der Waals surface area (Å²) < 4.78 is 29.2. The van der Waals surface area contributed by atoms with Gasteiger partial charge < -0.3 is 10.2 Å². The minimum Gasteiger partial charge on any atom is -0.352 e. The van der Waals surface area contributed by atoms with Gasteiger partial charge in [0.25, 0.3) is 10.0 Å². The molecular weight excluding hydrogens is 546 g/mol. The number of nitrogens with zero attached hydrogens (tertiary/aromatic N) is 2. The average molecular weight is 584 g/mol. The maximum Gasteiger partial charge on any atom is 0.264 e. The number of hydrogen-bond donors (Lipinski definition) is 1. The van der Waals surface area contributed by atoms with Crippen molar-refractivity contribution in [3.05, 3.63) is 94.5 Å². The van der Waals surface area contributed by atoms with Crippen molar-refractivity contribution < 1.29 is 18.0 Å². The Balaban J connectivity index is 2.07. The number of hydrogen-bond acceptors (Lipinski definition) is 4. The van der Waals surface area contributed by atoms with Gasteiger partial charge in [-0.2, -0.15) is 0 Å². The van der Waals surface area contributed by atoms with Crippen molar-refractivity contribution in [2.75, 3.05) is 10.8 Å². The molecule has 40 heavy (non-hydrogen) atoms. The topological polar surface area (TPSA) is 86.8 Å². The Morgan fingerprint density at radius 3 is 2.10 bits per heavy atom. The fourth-order valence-electron chi connectivity index (χ4n) is 4.26. The van der Waals surface area contributed by atoms with Crippen LogP contribution < -0.4 is 9.62 Å². The third-order valence-electron chi connectivity index (χ3n) is 7.00. The zero-order chi connectivity index (χ0) is 29.4. The minimum atomic E-state index is -4.12. The van der Waals surface area contributed by atoms with E-state index in [4.69, 9.17) is 11.6 Å². The van der Waals surface area contributed by atoms with Crippen molar-refractivity contribution in [2.24, 2.45) is 0 Å². The lowest BCUT2D eigenvalue weighted by atomic mass is 10.1. The highest BCUT2D eigenvalue weighted by molar-refractivity contribution is 7.92. The van der Waals surface area contributed by atoms with E-state index in [1.54, 1.807) is 67.6 Å². The predicted octanol–water partition coefficient (Wildman–Crippen LogP) is 5.74. The van der Waals surface area contributed by atoms with Crippen molar-refractivity contribution >= 4 is 39.1 Å². The van der Waals surface area contributed by atoms with Gasteiger partial charge in [0, 0.05) is 17.6 Å². The molecule has 7 nitrogen and oxygen atoms in total. The highest BCUT2D eigenvalue weighted by Crippen LogP contribution is 2.29. The first-order valence-corrected chi connectivity index (χ1v) is 15.3. The van der Waals surface area contributed by atoms with E-state index in [-0.39, 0.29) is 23.4 Å². The first-order chi connectivity index (χ1) is 19.0. The van der Waals surface area contributed by atoms with Crippen molar-refractivity contribution in [1.29, 1.82) is 0 Å². The van der Waals surface area contributed by atoms with Crippen LogP contribution in [0.5, 0.6) is 0 Å². The van der Waals surface area contributed by atoms with Crippen LogP contribution in [0.25, 0.3) is 0 Å². The summed E-state index contributed by atoms with van der Waals surface area (Å²) in [6.45, 7) is 8.86. The molecule has 0 saturated carbocycles. The van der Waals surface area contributed by atoms with Gasteiger partial charge in [-0.1, -0.05) is 79.5 Å². The molecule has 9 heteroatoms. The number of carbonyl (C=O) groups excluding carboxylic acids is 2. The molecule has 0 aromatic heterocycles. The standard InChI is InChI=1S/C31H38ClN3O4S/c1-6-23(4)33-31(37)24(5)34(20-26-13-8-10-14-28(26)32)30(36)21-35(29-15-11-9-12-25(29)7-2)40(38,39)27-18-16-22(3)17-19-27/h8-19,23-24H,6-7,20-21H2,1-5H3,(H,33,37)/t23-,24-/m1/s1. The average Bonchev–Trinajstić information content (AvgIpc) is 2.95. The number of sulfonamides is 1. The number of rotatable bonds is 12. The van der Waals surface area contributed by atoms with Crippen LogP contribution in [0, 0.1) is 6.92 Å². The molecular formula is C31H38ClN3O4S. The van der Waals surface area contributed by atoms with Crippen LogP contribution in [-0.4, -0.2) is 43.8 Å². The quantitative estimate of drug-likeness (QED) is 0.295. The number of amides is 2. The lowest BCUT2D eigenvalue weighted by molar-refractivity contribution is -0.139. The number of nitrogens with one attached hydrogen (secondary N) is 1. The van der Waals surface area contributed by atoms with Gasteiger partial charge in [0.2, 0.25) is 11.8 Å². The summed E-state index contributed by atoms with van der Waals surface area (Å²) in [5.74, 6) is -0.843. The monoisotopic (exact) mass is 583 g/mol. The number of halogens is 1. The second-order valence-electron chi connectivity index (χ2n) is 9.91. The van der Waals surface area contributed by atoms with Gasteiger partial charge in [-0.15, -0.1) is 0 Å². The molecule has 0 saturated heterocycles. The predicted molar refractivity (Wildman–Crippen MR) is 161 cm³/mol. The molecule has 0 aliphatic heterocycles. The Kier molecular flexibility index (Phi) is 10.8. The third kappa shape index (κ3) is 7.43. The third-order valence-corrected chi connectivity index (χ3v) is 9.14. The van der Waals surface area contributed by atoms with E-state index in [0.29, 0.717) is 22.7 Å². The maximum absolute atomic E-state index is 14.1. The van der Waals surface area contributed by atoms with Crippen molar-refractivity contribution in [1.82, 2.24) is 10.2 Å². The molecule has 0 unspecified atom stereocenters. The smallest absolute Gasteiger partial charge is 0.264 e. The van der Waals surface area contributed by atoms with Crippen LogP contribution in [0.3, 0.4) is 0 Å². The van der Waals surface area contributed by atoms with Gasteiger partial charge in [-0.05, 0) is 69.0 Å². The Bertz CT molecular complexity index is 1430. The number of carbonyl (C=O) groups is 2. The fraction of sp³-hybridized carbons (Fsp3) is 0.355. The fourth-order valence-corrected chi connectivity index (χ4v) is 5.91. The van der Waals surface area contributed by atoms with Gasteiger partial charge in [-0.3, -0.25) is 13.9 Å². The first-order valence-electron chi connectivity index (χ1n) is 13.5. The largest absolute Gasteiger partial charge is 0.352 e. The molecule has 3 aromatic rings. The van der Waals surface area contributed by atoms with Crippen molar-refractivity contribution in [2.45, 2.75) is 71.0 Å². The molecule has 0 bridgehead atoms. The molecule has 0 radical (unpaired) electrons. The second-order valence-corrected chi connectivity index (χ2v) is 12.2. The molecule has 214 valence electrons. The van der Waals surface area contributed by atoms with Crippen LogP contribution in [0.1, 0.15) is 50.8 Å². The van der Waals surface area contributed by atoms with Crippen molar-refractivity contribution in [3.8, 4) is 0 Å². The van der Waals surface area contributed by atoms with Gasteiger partial charge in [0.05, 0.1) is 10.6 Å². The molecule has 0 aliphatic carbocycles. The van der Waals surface area contributed by atoms with Crippen LogP contribution >= 0.6 is 11.6 Å². The van der Waals surface area contributed by atoms with E-state index in [1.165, 1.54) is 4.90 Å². The summed E-state index contributed by atoms with van der Waals surface area (Å²) in [7, 11) is -4.12. The Labute approximate surface area is 243 Å². The highest BCUT2D eigenvalue weighted by Gasteiger charge is 2.33. The molecule has 2 atom stereocenters. The SMILES string of the molecule is CCc1ccccc1N(CC(=O)N(Cc1ccccc1Cl)[C@H](C)C(=O)N[C@H](C)CC)S(=O)(=O)c1ccc(C)cc1. The van der Waals surface area contributed by atoms with Crippen LogP contribution in [0.15, 0.2) is 77.7 Å². The lowest BCUT2D eigenvalue weighted by Crippen LogP contribution is -2.52. The summed E-state index contributed by atoms with van der Waals surface area (Å²) in [5, 5.41) is 3.39. The maximum atomic E-state index is 14.1. The number of para-hydroxylation sites is 1. The van der Waals surface area contributed by atoms with E-state index < -0.39 is 28.5 Å². The van der Waals surface area contributed by atoms with Crippen LogP contribution in [0.4, 0.5) is 5.69 Å². The zero-order valence-electron chi connectivity index (χ0n) is 23.7. The summed E-state index contributed by atoms with van der Waals surface area (Å²) in [6, 6.07) is 19.8. The van der Waals surface area contributed by atoms with E-state index in [1.807, 2.05) is 39.8 Å². The summed E-state index contributed by atoms with van der Waals surface area (Å²) in [6.07, 6.45) is 1.30. The number of aryl methyl sites for hydroxylation is 2. The molecule has 2 amide bonds. The molecule has 1 N–H and O–H groups in total. The number of anilines is 1. The summed E-state index contributed by atoms with van der Waals surface area (Å²) in [5.41, 5.74) is 2.78. The zero-order valence-corrected chi connectivity index (χ0v) is 25.3. The Morgan fingerprint density at radius 2 is 1.50 bits per heavy atom. The van der Waals surface area contributed by atoms with E-state index in [2.05, 4.69) is 5.32 Å². The van der Waals surface area contributed by atoms with Crippen LogP contribution in [0.2, 0.25) is 5.02 Å². The van der Waals surface area contributed by atoms with Crippen LogP contribution in [-0.2, 0) is 32.6 Å². The lowest BCUT2D eigenvalue weighted by Gasteiger charge is -2.33. The Morgan fingerprint density at radius 1 is 0.900 bits per heavy atom. The van der Waals surface area contributed by atoms with Gasteiger partial charge in [-0.25, -0.2) is 8.42 Å². The molecule has 0 aliphatic rings.